The predicted octanol–water partition coefficient (Wildman–Crippen LogP) is 4.15. The largest absolute Gasteiger partial charge is 0.314 e. The van der Waals surface area contributed by atoms with Gasteiger partial charge in [-0.25, -0.2) is 4.39 Å². The van der Waals surface area contributed by atoms with Crippen molar-refractivity contribution in [2.75, 3.05) is 26.2 Å². The van der Waals surface area contributed by atoms with Gasteiger partial charge in [0.15, 0.2) is 0 Å². The standard InChI is InChI=1S/C15H22BrFN2.ClH/c1-2-3-7-14(19-10-8-18-9-11-19)12-5-4-6-13(17)15(12)16;/h4-6,14,18H,2-3,7-11H2,1H3;1H/t14-;/m1./s1. The Morgan fingerprint density at radius 2 is 2.05 bits per heavy atom. The summed E-state index contributed by atoms with van der Waals surface area (Å²) in [4.78, 5) is 2.48. The molecule has 0 aliphatic carbocycles. The van der Waals surface area contributed by atoms with Gasteiger partial charge in [0.2, 0.25) is 0 Å². The number of rotatable bonds is 5. The summed E-state index contributed by atoms with van der Waals surface area (Å²) in [6, 6.07) is 5.71. The Labute approximate surface area is 135 Å². The van der Waals surface area contributed by atoms with Crippen LogP contribution in [0, 0.1) is 5.82 Å². The van der Waals surface area contributed by atoms with Gasteiger partial charge < -0.3 is 5.32 Å². The minimum Gasteiger partial charge on any atom is -0.314 e. The fourth-order valence-corrected chi connectivity index (χ4v) is 3.23. The number of nitrogens with zero attached hydrogens (tertiary/aromatic N) is 1. The summed E-state index contributed by atoms with van der Waals surface area (Å²) in [6.07, 6.45) is 3.45. The van der Waals surface area contributed by atoms with E-state index in [1.54, 1.807) is 0 Å². The molecule has 0 unspecified atom stereocenters. The van der Waals surface area contributed by atoms with Crippen LogP contribution in [-0.2, 0) is 0 Å². The Kier molecular flexibility index (Phi) is 8.03. The van der Waals surface area contributed by atoms with Crippen molar-refractivity contribution < 1.29 is 4.39 Å². The number of piperazine rings is 1. The Morgan fingerprint density at radius 3 is 2.70 bits per heavy atom. The van der Waals surface area contributed by atoms with E-state index in [1.165, 1.54) is 18.9 Å². The quantitative estimate of drug-likeness (QED) is 0.843. The van der Waals surface area contributed by atoms with Gasteiger partial charge in [-0.3, -0.25) is 4.90 Å². The summed E-state index contributed by atoms with van der Waals surface area (Å²) in [6.45, 7) is 6.33. The van der Waals surface area contributed by atoms with Crippen molar-refractivity contribution in [2.45, 2.75) is 32.2 Å². The monoisotopic (exact) mass is 364 g/mol. The molecule has 1 aliphatic heterocycles. The van der Waals surface area contributed by atoms with Gasteiger partial charge in [-0.15, -0.1) is 12.4 Å². The first-order chi connectivity index (χ1) is 9.24. The highest BCUT2D eigenvalue weighted by Gasteiger charge is 2.24. The molecule has 1 aromatic rings. The molecular formula is C15H23BrClFN2. The van der Waals surface area contributed by atoms with Gasteiger partial charge >= 0.3 is 0 Å². The lowest BCUT2D eigenvalue weighted by molar-refractivity contribution is 0.162. The van der Waals surface area contributed by atoms with Crippen molar-refractivity contribution in [3.8, 4) is 0 Å². The van der Waals surface area contributed by atoms with Gasteiger partial charge in [-0.1, -0.05) is 31.9 Å². The van der Waals surface area contributed by atoms with Crippen LogP contribution < -0.4 is 5.32 Å². The SMILES string of the molecule is CCCC[C@H](c1cccc(F)c1Br)N1CCNCC1.Cl. The highest BCUT2D eigenvalue weighted by atomic mass is 79.9. The van der Waals surface area contributed by atoms with Crippen molar-refractivity contribution in [2.24, 2.45) is 0 Å². The third kappa shape index (κ3) is 4.42. The lowest BCUT2D eigenvalue weighted by Gasteiger charge is -2.35. The maximum absolute atomic E-state index is 13.8. The molecule has 5 heteroatoms. The Bertz CT molecular complexity index is 411. The molecule has 1 atom stereocenters. The average molecular weight is 366 g/mol. The van der Waals surface area contributed by atoms with Crippen molar-refractivity contribution in [1.29, 1.82) is 0 Å². The molecule has 0 saturated carbocycles. The number of hydrogen-bond donors (Lipinski definition) is 1. The first kappa shape index (κ1) is 17.9. The van der Waals surface area contributed by atoms with Crippen LogP contribution in [0.4, 0.5) is 4.39 Å². The molecule has 1 heterocycles. The molecule has 0 radical (unpaired) electrons. The summed E-state index contributed by atoms with van der Waals surface area (Å²) in [5, 5.41) is 3.38. The van der Waals surface area contributed by atoms with Gasteiger partial charge in [0.1, 0.15) is 5.82 Å². The van der Waals surface area contributed by atoms with Gasteiger partial charge in [0, 0.05) is 32.2 Å². The van der Waals surface area contributed by atoms with E-state index in [4.69, 9.17) is 0 Å². The van der Waals surface area contributed by atoms with E-state index in [0.29, 0.717) is 10.5 Å². The molecule has 0 amide bonds. The first-order valence-corrected chi connectivity index (χ1v) is 7.92. The van der Waals surface area contributed by atoms with Crippen molar-refractivity contribution in [3.05, 3.63) is 34.1 Å². The number of benzene rings is 1. The van der Waals surface area contributed by atoms with Gasteiger partial charge in [-0.05, 0) is 34.0 Å². The number of halogens is 3. The maximum Gasteiger partial charge on any atom is 0.137 e. The van der Waals surface area contributed by atoms with Crippen LogP contribution >= 0.6 is 28.3 Å². The molecule has 2 rings (SSSR count). The fraction of sp³-hybridized carbons (Fsp3) is 0.600. The van der Waals surface area contributed by atoms with E-state index in [-0.39, 0.29) is 18.2 Å². The second-order valence-corrected chi connectivity index (χ2v) is 5.88. The summed E-state index contributed by atoms with van der Waals surface area (Å²) < 4.78 is 14.4. The van der Waals surface area contributed by atoms with Crippen LogP contribution in [0.5, 0.6) is 0 Å². The van der Waals surface area contributed by atoms with E-state index in [2.05, 4.69) is 39.1 Å². The lowest BCUT2D eigenvalue weighted by Crippen LogP contribution is -2.45. The second-order valence-electron chi connectivity index (χ2n) is 5.09. The minimum absolute atomic E-state index is 0. The van der Waals surface area contributed by atoms with Crippen molar-refractivity contribution in [1.82, 2.24) is 10.2 Å². The van der Waals surface area contributed by atoms with Crippen LogP contribution in [-0.4, -0.2) is 31.1 Å². The summed E-state index contributed by atoms with van der Waals surface area (Å²) in [5.41, 5.74) is 1.09. The summed E-state index contributed by atoms with van der Waals surface area (Å²) in [5.74, 6) is -0.158. The van der Waals surface area contributed by atoms with E-state index in [9.17, 15) is 4.39 Å². The molecule has 0 aromatic heterocycles. The lowest BCUT2D eigenvalue weighted by atomic mass is 9.98. The van der Waals surface area contributed by atoms with E-state index in [0.717, 1.165) is 38.2 Å². The zero-order valence-electron chi connectivity index (χ0n) is 11.9. The summed E-state index contributed by atoms with van der Waals surface area (Å²) >= 11 is 3.42. The molecule has 0 spiro atoms. The van der Waals surface area contributed by atoms with Crippen LogP contribution in [0.3, 0.4) is 0 Å². The van der Waals surface area contributed by atoms with E-state index < -0.39 is 0 Å². The topological polar surface area (TPSA) is 15.3 Å². The Balaban J connectivity index is 0.00000200. The number of nitrogens with one attached hydrogen (secondary N) is 1. The second kappa shape index (κ2) is 8.98. The highest BCUT2D eigenvalue weighted by Crippen LogP contribution is 2.33. The Hall–Kier alpha value is -0.160. The molecule has 1 aromatic carbocycles. The summed E-state index contributed by atoms with van der Waals surface area (Å²) in [7, 11) is 0. The number of unbranched alkanes of at least 4 members (excludes halogenated alkanes) is 1. The predicted molar refractivity (Wildman–Crippen MR) is 88.1 cm³/mol. The van der Waals surface area contributed by atoms with E-state index >= 15 is 0 Å². The molecule has 1 N–H and O–H groups in total. The van der Waals surface area contributed by atoms with Gasteiger partial charge in [0.25, 0.3) is 0 Å². The van der Waals surface area contributed by atoms with Crippen LogP contribution in [0.15, 0.2) is 22.7 Å². The maximum atomic E-state index is 13.8. The molecule has 20 heavy (non-hydrogen) atoms. The third-order valence-corrected chi connectivity index (χ3v) is 4.60. The Morgan fingerprint density at radius 1 is 1.35 bits per heavy atom. The molecule has 1 fully saturated rings. The average Bonchev–Trinajstić information content (AvgIpc) is 2.45. The molecule has 2 nitrogen and oxygen atoms in total. The zero-order valence-corrected chi connectivity index (χ0v) is 14.3. The van der Waals surface area contributed by atoms with Crippen molar-refractivity contribution >= 4 is 28.3 Å². The van der Waals surface area contributed by atoms with Crippen molar-refractivity contribution in [3.63, 3.8) is 0 Å². The zero-order chi connectivity index (χ0) is 13.7. The normalized spacial score (nSPS) is 17.6. The fourth-order valence-electron chi connectivity index (χ4n) is 2.70. The molecule has 1 saturated heterocycles. The minimum atomic E-state index is -0.158. The van der Waals surface area contributed by atoms with Crippen LogP contribution in [0.1, 0.15) is 37.8 Å². The third-order valence-electron chi connectivity index (χ3n) is 3.76. The number of hydrogen-bond acceptors (Lipinski definition) is 2. The van der Waals surface area contributed by atoms with E-state index in [1.807, 2.05) is 6.07 Å². The van der Waals surface area contributed by atoms with Crippen LogP contribution in [0.25, 0.3) is 0 Å². The first-order valence-electron chi connectivity index (χ1n) is 7.12. The molecule has 1 aliphatic rings. The molecule has 114 valence electrons. The van der Waals surface area contributed by atoms with Crippen LogP contribution in [0.2, 0.25) is 0 Å². The molecule has 0 bridgehead atoms. The van der Waals surface area contributed by atoms with Gasteiger partial charge in [0.05, 0.1) is 4.47 Å². The molecular weight excluding hydrogens is 343 g/mol. The van der Waals surface area contributed by atoms with Gasteiger partial charge in [-0.2, -0.15) is 0 Å². The highest BCUT2D eigenvalue weighted by molar-refractivity contribution is 9.10. The smallest absolute Gasteiger partial charge is 0.137 e.